The highest BCUT2D eigenvalue weighted by molar-refractivity contribution is 5.69. The molecule has 0 nitrogen and oxygen atoms in total. The SMILES string of the molecule is CCC/C=C/C(F)=C(\F)c1ccc(-c2ccc(CCC3CCC(c4cc(F)c(F)c(F)c4)CC3)c(F)c2)cc1. The third-order valence-corrected chi connectivity index (χ3v) is 7.60. The Kier molecular flexibility index (Phi) is 9.71. The van der Waals surface area contributed by atoms with Gasteiger partial charge in [-0.2, -0.15) is 0 Å². The molecule has 0 N–H and O–H groups in total. The van der Waals surface area contributed by atoms with Gasteiger partial charge in [0.25, 0.3) is 0 Å². The molecule has 1 aliphatic rings. The zero-order valence-corrected chi connectivity index (χ0v) is 21.9. The summed E-state index contributed by atoms with van der Waals surface area (Å²) in [7, 11) is 0. The van der Waals surface area contributed by atoms with Crippen LogP contribution in [0.15, 0.2) is 72.6 Å². The molecule has 0 amide bonds. The fourth-order valence-electron chi connectivity index (χ4n) is 5.26. The van der Waals surface area contributed by atoms with Gasteiger partial charge in [0, 0.05) is 5.56 Å². The Morgan fingerprint density at radius 3 is 2.05 bits per heavy atom. The molecule has 3 aromatic carbocycles. The van der Waals surface area contributed by atoms with Crippen LogP contribution < -0.4 is 0 Å². The molecule has 0 unspecified atom stereocenters. The molecule has 6 heteroatoms. The molecule has 3 aromatic rings. The van der Waals surface area contributed by atoms with Crippen molar-refractivity contribution in [1.82, 2.24) is 0 Å². The Bertz CT molecular complexity index is 1310. The first kappa shape index (κ1) is 28.7. The quantitative estimate of drug-likeness (QED) is 0.143. The fraction of sp³-hybridized carbons (Fsp3) is 0.333. The lowest BCUT2D eigenvalue weighted by molar-refractivity contribution is 0.308. The van der Waals surface area contributed by atoms with Gasteiger partial charge in [0.05, 0.1) is 0 Å². The Morgan fingerprint density at radius 2 is 1.44 bits per heavy atom. The van der Waals surface area contributed by atoms with E-state index in [1.54, 1.807) is 24.3 Å². The molecule has 1 saturated carbocycles. The molecular formula is C33H32F6. The average Bonchev–Trinajstić information content (AvgIpc) is 2.95. The zero-order chi connectivity index (χ0) is 27.9. The minimum atomic E-state index is -1.44. The van der Waals surface area contributed by atoms with E-state index in [1.807, 2.05) is 13.0 Å². The Hall–Kier alpha value is -3.28. The summed E-state index contributed by atoms with van der Waals surface area (Å²) in [6.07, 6.45) is 8.84. The maximum absolute atomic E-state index is 14.9. The molecule has 1 fully saturated rings. The molecule has 0 aromatic heterocycles. The van der Waals surface area contributed by atoms with Crippen LogP contribution in [0, 0.1) is 29.2 Å². The van der Waals surface area contributed by atoms with Crippen molar-refractivity contribution < 1.29 is 26.3 Å². The van der Waals surface area contributed by atoms with Crippen LogP contribution in [-0.4, -0.2) is 0 Å². The van der Waals surface area contributed by atoms with Gasteiger partial charge < -0.3 is 0 Å². The summed E-state index contributed by atoms with van der Waals surface area (Å²) in [4.78, 5) is 0. The number of hydrogen-bond donors (Lipinski definition) is 0. The highest BCUT2D eigenvalue weighted by Gasteiger charge is 2.24. The van der Waals surface area contributed by atoms with E-state index < -0.39 is 29.1 Å². The van der Waals surface area contributed by atoms with Crippen molar-refractivity contribution in [2.24, 2.45) is 5.92 Å². The smallest absolute Gasteiger partial charge is 0.194 e. The van der Waals surface area contributed by atoms with Crippen LogP contribution in [-0.2, 0) is 6.42 Å². The Balaban J connectivity index is 1.33. The molecule has 0 aliphatic heterocycles. The van der Waals surface area contributed by atoms with Crippen LogP contribution in [0.1, 0.15) is 74.5 Å². The van der Waals surface area contributed by atoms with E-state index >= 15 is 0 Å². The van der Waals surface area contributed by atoms with Gasteiger partial charge in [-0.05, 0) is 103 Å². The van der Waals surface area contributed by atoms with Crippen molar-refractivity contribution in [3.63, 3.8) is 0 Å². The maximum Gasteiger partial charge on any atom is 0.194 e. The highest BCUT2D eigenvalue weighted by Crippen LogP contribution is 2.38. The molecule has 1 aliphatic carbocycles. The molecule has 4 rings (SSSR count). The monoisotopic (exact) mass is 542 g/mol. The van der Waals surface area contributed by atoms with E-state index in [2.05, 4.69) is 0 Å². The molecule has 0 saturated heterocycles. The lowest BCUT2D eigenvalue weighted by atomic mass is 9.77. The van der Waals surface area contributed by atoms with E-state index in [4.69, 9.17) is 0 Å². The number of aryl methyl sites for hydroxylation is 1. The summed E-state index contributed by atoms with van der Waals surface area (Å²) in [5, 5.41) is 0. The normalized spacial score (nSPS) is 18.4. The summed E-state index contributed by atoms with van der Waals surface area (Å²) >= 11 is 0. The summed E-state index contributed by atoms with van der Waals surface area (Å²) in [5.74, 6) is -5.55. The summed E-state index contributed by atoms with van der Waals surface area (Å²) in [6, 6.07) is 13.5. The lowest BCUT2D eigenvalue weighted by Gasteiger charge is -2.29. The van der Waals surface area contributed by atoms with Gasteiger partial charge in [-0.3, -0.25) is 0 Å². The van der Waals surface area contributed by atoms with Crippen molar-refractivity contribution >= 4 is 5.83 Å². The van der Waals surface area contributed by atoms with E-state index in [1.165, 1.54) is 18.2 Å². The second-order valence-electron chi connectivity index (χ2n) is 10.3. The highest BCUT2D eigenvalue weighted by atomic mass is 19.2. The van der Waals surface area contributed by atoms with Crippen LogP contribution in [0.4, 0.5) is 26.3 Å². The van der Waals surface area contributed by atoms with E-state index in [9.17, 15) is 26.3 Å². The second-order valence-corrected chi connectivity index (χ2v) is 10.3. The third kappa shape index (κ3) is 7.23. The third-order valence-electron chi connectivity index (χ3n) is 7.60. The largest absolute Gasteiger partial charge is 0.207 e. The molecule has 0 atom stereocenters. The average molecular weight is 543 g/mol. The van der Waals surface area contributed by atoms with Crippen molar-refractivity contribution in [3.05, 3.63) is 113 Å². The molecule has 0 radical (unpaired) electrons. The predicted molar refractivity (Wildman–Crippen MR) is 144 cm³/mol. The zero-order valence-electron chi connectivity index (χ0n) is 21.9. The van der Waals surface area contributed by atoms with Gasteiger partial charge in [-0.1, -0.05) is 55.8 Å². The van der Waals surface area contributed by atoms with Crippen molar-refractivity contribution in [3.8, 4) is 11.1 Å². The Labute approximate surface area is 226 Å². The summed E-state index contributed by atoms with van der Waals surface area (Å²) in [5.41, 5.74) is 2.57. The first-order valence-electron chi connectivity index (χ1n) is 13.5. The van der Waals surface area contributed by atoms with Crippen LogP contribution in [0.25, 0.3) is 17.0 Å². The van der Waals surface area contributed by atoms with Crippen molar-refractivity contribution in [2.45, 2.75) is 64.2 Å². The van der Waals surface area contributed by atoms with Crippen LogP contribution in [0.5, 0.6) is 0 Å². The van der Waals surface area contributed by atoms with E-state index in [-0.39, 0.29) is 17.3 Å². The molecule has 0 heterocycles. The van der Waals surface area contributed by atoms with Crippen molar-refractivity contribution in [2.75, 3.05) is 0 Å². The number of rotatable bonds is 9. The standard InChI is InChI=1S/C33H32F6/c1-2-3-4-5-28(34)32(38)25-15-12-22(13-16-25)26-17-14-24(29(35)18-26)11-8-21-6-9-23(10-7-21)27-19-30(36)33(39)31(37)20-27/h4-5,12-21,23H,2-3,6-11H2,1H3/b5-4+,32-28+. The van der Waals surface area contributed by atoms with Crippen LogP contribution in [0.2, 0.25) is 0 Å². The van der Waals surface area contributed by atoms with Gasteiger partial charge in [-0.25, -0.2) is 26.3 Å². The molecule has 39 heavy (non-hydrogen) atoms. The minimum absolute atomic E-state index is 0.00811. The first-order valence-corrected chi connectivity index (χ1v) is 13.5. The number of hydrogen-bond acceptors (Lipinski definition) is 0. The number of unbranched alkanes of at least 4 members (excludes halogenated alkanes) is 1. The van der Waals surface area contributed by atoms with Crippen LogP contribution >= 0.6 is 0 Å². The van der Waals surface area contributed by atoms with Gasteiger partial charge >= 0.3 is 0 Å². The van der Waals surface area contributed by atoms with Gasteiger partial charge in [0.2, 0.25) is 0 Å². The molecule has 0 spiro atoms. The lowest BCUT2D eigenvalue weighted by Crippen LogP contribution is -2.15. The maximum atomic E-state index is 14.9. The van der Waals surface area contributed by atoms with Gasteiger partial charge in [0.15, 0.2) is 29.1 Å². The first-order chi connectivity index (χ1) is 18.8. The van der Waals surface area contributed by atoms with E-state index in [0.717, 1.165) is 56.7 Å². The van der Waals surface area contributed by atoms with Crippen LogP contribution in [0.3, 0.4) is 0 Å². The fourth-order valence-corrected chi connectivity index (χ4v) is 5.26. The summed E-state index contributed by atoms with van der Waals surface area (Å²) < 4.78 is 83.7. The number of halogens is 6. The topological polar surface area (TPSA) is 0 Å². The molecular weight excluding hydrogens is 510 g/mol. The molecule has 206 valence electrons. The van der Waals surface area contributed by atoms with Crippen molar-refractivity contribution in [1.29, 1.82) is 0 Å². The Morgan fingerprint density at radius 1 is 0.795 bits per heavy atom. The minimum Gasteiger partial charge on any atom is -0.207 e. The second kappa shape index (κ2) is 13.2. The van der Waals surface area contributed by atoms with Gasteiger partial charge in [-0.15, -0.1) is 0 Å². The number of allylic oxidation sites excluding steroid dienone is 3. The van der Waals surface area contributed by atoms with E-state index in [0.29, 0.717) is 41.0 Å². The number of benzene rings is 3. The molecule has 0 bridgehead atoms. The predicted octanol–water partition coefficient (Wildman–Crippen LogP) is 10.8. The summed E-state index contributed by atoms with van der Waals surface area (Å²) in [6.45, 7) is 1.95. The van der Waals surface area contributed by atoms with Gasteiger partial charge in [0.1, 0.15) is 5.82 Å².